The van der Waals surface area contributed by atoms with E-state index < -0.39 is 5.97 Å². The van der Waals surface area contributed by atoms with Crippen molar-refractivity contribution in [3.8, 4) is 5.88 Å². The standard InChI is InChI=1S/C25H35N3O4/c1-4-18(16-25(29)30)19-7-9-23(28(5-2)21-11-13-31-14-12-21)22(15-19)27-20-8-10-24(26-17-20)32-6-3/h7-10,15,17-18,21,27H,4-6,11-14,16H2,1-3H3,(H,29,30)/t18-/m1/s1. The van der Waals surface area contributed by atoms with E-state index in [9.17, 15) is 9.90 Å². The van der Waals surface area contributed by atoms with Crippen LogP contribution in [0.2, 0.25) is 0 Å². The predicted octanol–water partition coefficient (Wildman–Crippen LogP) is 5.20. The quantitative estimate of drug-likeness (QED) is 0.496. The van der Waals surface area contributed by atoms with E-state index in [-0.39, 0.29) is 12.3 Å². The molecule has 1 fully saturated rings. The first-order chi connectivity index (χ1) is 15.5. The number of anilines is 3. The summed E-state index contributed by atoms with van der Waals surface area (Å²) in [4.78, 5) is 18.2. The van der Waals surface area contributed by atoms with Crippen LogP contribution in [-0.4, -0.2) is 48.5 Å². The number of aromatic nitrogens is 1. The average molecular weight is 442 g/mol. The summed E-state index contributed by atoms with van der Waals surface area (Å²) in [5.41, 5.74) is 3.97. The summed E-state index contributed by atoms with van der Waals surface area (Å²) in [5.74, 6) is -0.209. The van der Waals surface area contributed by atoms with Crippen molar-refractivity contribution >= 4 is 23.0 Å². The molecule has 2 aromatic rings. The molecule has 2 heterocycles. The zero-order valence-electron chi connectivity index (χ0n) is 19.3. The summed E-state index contributed by atoms with van der Waals surface area (Å²) >= 11 is 0. The molecule has 1 aliphatic rings. The van der Waals surface area contributed by atoms with Gasteiger partial charge >= 0.3 is 5.97 Å². The minimum absolute atomic E-state index is 0.0290. The molecule has 0 unspecified atom stereocenters. The van der Waals surface area contributed by atoms with Gasteiger partial charge in [0.25, 0.3) is 0 Å². The molecule has 0 aliphatic carbocycles. The molecule has 1 saturated heterocycles. The number of hydrogen-bond acceptors (Lipinski definition) is 6. The molecule has 7 heteroatoms. The third kappa shape index (κ3) is 6.13. The highest BCUT2D eigenvalue weighted by Crippen LogP contribution is 2.36. The molecule has 32 heavy (non-hydrogen) atoms. The van der Waals surface area contributed by atoms with Gasteiger partial charge in [0.1, 0.15) is 0 Å². The third-order valence-electron chi connectivity index (χ3n) is 6.00. The minimum atomic E-state index is -0.775. The monoisotopic (exact) mass is 441 g/mol. The average Bonchev–Trinajstić information content (AvgIpc) is 2.81. The van der Waals surface area contributed by atoms with Gasteiger partial charge in [-0.2, -0.15) is 0 Å². The molecule has 0 spiro atoms. The molecule has 1 aromatic heterocycles. The first kappa shape index (κ1) is 23.9. The van der Waals surface area contributed by atoms with Gasteiger partial charge in [0.15, 0.2) is 0 Å². The first-order valence-corrected chi connectivity index (χ1v) is 11.6. The van der Waals surface area contributed by atoms with Crippen LogP contribution in [0.25, 0.3) is 0 Å². The second-order valence-corrected chi connectivity index (χ2v) is 8.05. The van der Waals surface area contributed by atoms with Crippen LogP contribution in [0.3, 0.4) is 0 Å². The number of rotatable bonds is 11. The van der Waals surface area contributed by atoms with Gasteiger partial charge in [0, 0.05) is 31.9 Å². The van der Waals surface area contributed by atoms with Gasteiger partial charge in [-0.05, 0) is 62.8 Å². The number of carboxylic acid groups (broad SMARTS) is 1. The number of nitrogens with one attached hydrogen (secondary N) is 1. The maximum atomic E-state index is 11.4. The van der Waals surface area contributed by atoms with Crippen LogP contribution >= 0.6 is 0 Å². The van der Waals surface area contributed by atoms with Crippen LogP contribution in [0.5, 0.6) is 5.88 Å². The summed E-state index contributed by atoms with van der Waals surface area (Å²) in [7, 11) is 0. The Morgan fingerprint density at radius 2 is 2.03 bits per heavy atom. The first-order valence-electron chi connectivity index (χ1n) is 11.6. The molecule has 0 saturated carbocycles. The Morgan fingerprint density at radius 3 is 2.62 bits per heavy atom. The molecule has 3 rings (SSSR count). The molecule has 7 nitrogen and oxygen atoms in total. The van der Waals surface area contributed by atoms with E-state index in [1.165, 1.54) is 0 Å². The van der Waals surface area contributed by atoms with Crippen LogP contribution < -0.4 is 15.0 Å². The molecule has 2 N–H and O–H groups in total. The zero-order chi connectivity index (χ0) is 22.9. The van der Waals surface area contributed by atoms with Gasteiger partial charge in [0.2, 0.25) is 5.88 Å². The number of ether oxygens (including phenoxy) is 2. The summed E-state index contributed by atoms with van der Waals surface area (Å²) in [6.07, 6.45) is 4.65. The summed E-state index contributed by atoms with van der Waals surface area (Å²) in [6, 6.07) is 10.5. The van der Waals surface area contributed by atoms with Crippen molar-refractivity contribution in [2.45, 2.75) is 58.4 Å². The maximum Gasteiger partial charge on any atom is 0.303 e. The largest absolute Gasteiger partial charge is 0.481 e. The Labute approximate surface area is 190 Å². The van der Waals surface area contributed by atoms with Gasteiger partial charge in [0.05, 0.1) is 36.3 Å². The van der Waals surface area contributed by atoms with Crippen LogP contribution in [0.4, 0.5) is 17.1 Å². The number of carbonyl (C=O) groups is 1. The fourth-order valence-corrected chi connectivity index (χ4v) is 4.33. The van der Waals surface area contributed by atoms with Gasteiger partial charge in [-0.15, -0.1) is 0 Å². The highest BCUT2D eigenvalue weighted by Gasteiger charge is 2.24. The third-order valence-corrected chi connectivity index (χ3v) is 6.00. The fourth-order valence-electron chi connectivity index (χ4n) is 4.33. The molecule has 1 aromatic carbocycles. The van der Waals surface area contributed by atoms with Crippen molar-refractivity contribution in [2.24, 2.45) is 0 Å². The van der Waals surface area contributed by atoms with Gasteiger partial charge in [-0.3, -0.25) is 4.79 Å². The lowest BCUT2D eigenvalue weighted by Crippen LogP contribution is -2.39. The minimum Gasteiger partial charge on any atom is -0.481 e. The number of benzene rings is 1. The molecule has 0 amide bonds. The Kier molecular flexibility index (Phi) is 8.73. The smallest absolute Gasteiger partial charge is 0.303 e. The van der Waals surface area contributed by atoms with E-state index >= 15 is 0 Å². The Bertz CT molecular complexity index is 866. The number of aliphatic carboxylic acids is 1. The maximum absolute atomic E-state index is 11.4. The number of nitrogens with zero attached hydrogens (tertiary/aromatic N) is 2. The zero-order valence-corrected chi connectivity index (χ0v) is 19.3. The number of hydrogen-bond donors (Lipinski definition) is 2. The van der Waals surface area contributed by atoms with Crippen LogP contribution in [0, 0.1) is 0 Å². The van der Waals surface area contributed by atoms with Crippen molar-refractivity contribution in [3.63, 3.8) is 0 Å². The van der Waals surface area contributed by atoms with E-state index in [1.807, 2.05) is 26.0 Å². The Balaban J connectivity index is 1.96. The van der Waals surface area contributed by atoms with Crippen molar-refractivity contribution < 1.29 is 19.4 Å². The van der Waals surface area contributed by atoms with E-state index in [0.29, 0.717) is 18.5 Å². The van der Waals surface area contributed by atoms with Crippen molar-refractivity contribution in [1.82, 2.24) is 4.98 Å². The number of pyridine rings is 1. The fraction of sp³-hybridized carbons (Fsp3) is 0.520. The SMILES string of the molecule is CCOc1ccc(Nc2cc([C@H](CC)CC(=O)O)ccc2N(CC)C2CCOCC2)cn1. The lowest BCUT2D eigenvalue weighted by Gasteiger charge is -2.37. The van der Waals surface area contributed by atoms with E-state index in [1.54, 1.807) is 6.20 Å². The highest BCUT2D eigenvalue weighted by atomic mass is 16.5. The molecular formula is C25H35N3O4. The molecule has 0 radical (unpaired) electrons. The summed E-state index contributed by atoms with van der Waals surface area (Å²) in [5, 5.41) is 12.9. The predicted molar refractivity (Wildman–Crippen MR) is 127 cm³/mol. The summed E-state index contributed by atoms with van der Waals surface area (Å²) < 4.78 is 11.0. The molecule has 1 atom stereocenters. The lowest BCUT2D eigenvalue weighted by atomic mass is 9.92. The van der Waals surface area contributed by atoms with Crippen molar-refractivity contribution in [1.29, 1.82) is 0 Å². The van der Waals surface area contributed by atoms with E-state index in [0.717, 1.165) is 61.6 Å². The van der Waals surface area contributed by atoms with E-state index in [2.05, 4.69) is 40.3 Å². The molecule has 1 aliphatic heterocycles. The Morgan fingerprint density at radius 1 is 1.25 bits per heavy atom. The van der Waals surface area contributed by atoms with Crippen LogP contribution in [-0.2, 0) is 9.53 Å². The molecule has 174 valence electrons. The molecule has 0 bridgehead atoms. The Hall–Kier alpha value is -2.80. The lowest BCUT2D eigenvalue weighted by molar-refractivity contribution is -0.137. The molecular weight excluding hydrogens is 406 g/mol. The van der Waals surface area contributed by atoms with E-state index in [4.69, 9.17) is 9.47 Å². The van der Waals surface area contributed by atoms with Gasteiger partial charge in [-0.1, -0.05) is 13.0 Å². The second kappa shape index (κ2) is 11.7. The van der Waals surface area contributed by atoms with Crippen LogP contribution in [0.1, 0.15) is 57.9 Å². The van der Waals surface area contributed by atoms with Crippen LogP contribution in [0.15, 0.2) is 36.5 Å². The normalized spacial score (nSPS) is 15.2. The van der Waals surface area contributed by atoms with Crippen molar-refractivity contribution in [3.05, 3.63) is 42.1 Å². The van der Waals surface area contributed by atoms with Gasteiger partial charge in [-0.25, -0.2) is 4.98 Å². The number of carboxylic acids is 1. The topological polar surface area (TPSA) is 83.9 Å². The van der Waals surface area contributed by atoms with Crippen molar-refractivity contribution in [2.75, 3.05) is 36.6 Å². The second-order valence-electron chi connectivity index (χ2n) is 8.05. The summed E-state index contributed by atoms with van der Waals surface area (Å²) in [6.45, 7) is 9.15. The highest BCUT2D eigenvalue weighted by molar-refractivity contribution is 5.77. The van der Waals surface area contributed by atoms with Gasteiger partial charge < -0.3 is 24.8 Å².